The molecule has 0 aromatic heterocycles. The van der Waals surface area contributed by atoms with Crippen LogP contribution in [-0.2, 0) is 6.42 Å². The van der Waals surface area contributed by atoms with Gasteiger partial charge in [0.15, 0.2) is 11.6 Å². The molecule has 0 N–H and O–H groups in total. The maximum absolute atomic E-state index is 13.1. The van der Waals surface area contributed by atoms with Crippen LogP contribution in [-0.4, -0.2) is 5.75 Å². The lowest BCUT2D eigenvalue weighted by atomic mass is 10.1. The molecular formula is C10H9F2NS. The summed E-state index contributed by atoms with van der Waals surface area (Å²) in [5, 5.41) is 10.2. The molecular weight excluding hydrogens is 204 g/mol. The minimum atomic E-state index is -0.810. The van der Waals surface area contributed by atoms with Crippen molar-refractivity contribution in [2.45, 2.75) is 12.8 Å². The number of hydrogen-bond acceptors (Lipinski definition) is 2. The van der Waals surface area contributed by atoms with Crippen molar-refractivity contribution >= 4 is 11.8 Å². The molecule has 14 heavy (non-hydrogen) atoms. The van der Waals surface area contributed by atoms with E-state index in [2.05, 4.69) is 0 Å². The lowest BCUT2D eigenvalue weighted by molar-refractivity contribution is 0.498. The molecule has 1 aromatic rings. The van der Waals surface area contributed by atoms with Gasteiger partial charge < -0.3 is 0 Å². The molecule has 0 atom stereocenters. The highest BCUT2D eigenvalue weighted by molar-refractivity contribution is 8.03. The van der Waals surface area contributed by atoms with Crippen LogP contribution in [0.5, 0.6) is 0 Å². The van der Waals surface area contributed by atoms with E-state index in [0.717, 1.165) is 17.8 Å². The van der Waals surface area contributed by atoms with Gasteiger partial charge in [0.05, 0.1) is 0 Å². The molecule has 0 spiro atoms. The zero-order valence-corrected chi connectivity index (χ0v) is 8.28. The van der Waals surface area contributed by atoms with Crippen LogP contribution in [0.2, 0.25) is 0 Å². The van der Waals surface area contributed by atoms with E-state index in [1.807, 2.05) is 5.40 Å². The Labute approximate surface area is 85.7 Å². The summed E-state index contributed by atoms with van der Waals surface area (Å²) in [6.07, 6.45) is 1.15. The topological polar surface area (TPSA) is 23.8 Å². The number of aryl methyl sites for hydroxylation is 1. The third-order valence-electron chi connectivity index (χ3n) is 1.79. The van der Waals surface area contributed by atoms with Gasteiger partial charge in [-0.25, -0.2) is 8.78 Å². The summed E-state index contributed by atoms with van der Waals surface area (Å²) < 4.78 is 25.8. The molecule has 0 aliphatic rings. The van der Waals surface area contributed by atoms with E-state index in [4.69, 9.17) is 5.26 Å². The Morgan fingerprint density at radius 3 is 2.86 bits per heavy atom. The van der Waals surface area contributed by atoms with Crippen molar-refractivity contribution in [1.82, 2.24) is 0 Å². The second kappa shape index (κ2) is 5.61. The summed E-state index contributed by atoms with van der Waals surface area (Å²) in [7, 11) is 0. The summed E-state index contributed by atoms with van der Waals surface area (Å²) in [6.45, 7) is 0. The Morgan fingerprint density at radius 2 is 2.14 bits per heavy atom. The first-order valence-electron chi connectivity index (χ1n) is 4.19. The Kier molecular flexibility index (Phi) is 4.41. The predicted octanol–water partition coefficient (Wildman–Crippen LogP) is 3.11. The van der Waals surface area contributed by atoms with Crippen LogP contribution < -0.4 is 0 Å². The van der Waals surface area contributed by atoms with Gasteiger partial charge in [-0.2, -0.15) is 5.26 Å². The third kappa shape index (κ3) is 3.00. The molecule has 0 saturated carbocycles. The Balaban J connectivity index is 2.51. The van der Waals surface area contributed by atoms with Crippen molar-refractivity contribution in [3.05, 3.63) is 35.4 Å². The highest BCUT2D eigenvalue weighted by Crippen LogP contribution is 2.14. The molecule has 1 nitrogen and oxygen atoms in total. The van der Waals surface area contributed by atoms with Gasteiger partial charge in [0, 0.05) is 5.75 Å². The first-order valence-corrected chi connectivity index (χ1v) is 5.18. The number of hydrogen-bond donors (Lipinski definition) is 0. The van der Waals surface area contributed by atoms with Crippen LogP contribution in [0, 0.1) is 22.3 Å². The van der Waals surface area contributed by atoms with Crippen LogP contribution in [0.25, 0.3) is 0 Å². The maximum atomic E-state index is 13.1. The van der Waals surface area contributed by atoms with Crippen molar-refractivity contribution < 1.29 is 8.78 Å². The van der Waals surface area contributed by atoms with Crippen molar-refractivity contribution in [2.24, 2.45) is 0 Å². The van der Waals surface area contributed by atoms with Gasteiger partial charge in [-0.1, -0.05) is 12.1 Å². The first kappa shape index (κ1) is 11.0. The fourth-order valence-electron chi connectivity index (χ4n) is 1.12. The lowest BCUT2D eigenvalue weighted by Crippen LogP contribution is -1.94. The molecule has 0 unspecified atom stereocenters. The standard InChI is InChI=1S/C10H9F2NS/c11-9-5-1-3-8(10(9)12)4-2-6-14-7-13/h1,3,5H,2,4,6H2. The summed E-state index contributed by atoms with van der Waals surface area (Å²) in [4.78, 5) is 0. The molecule has 0 heterocycles. The Bertz CT molecular complexity index is 346. The van der Waals surface area contributed by atoms with Crippen LogP contribution in [0.3, 0.4) is 0 Å². The van der Waals surface area contributed by atoms with Gasteiger partial charge in [0.25, 0.3) is 0 Å². The zero-order valence-electron chi connectivity index (χ0n) is 7.46. The summed E-state index contributed by atoms with van der Waals surface area (Å²) >= 11 is 1.13. The predicted molar refractivity (Wildman–Crippen MR) is 52.8 cm³/mol. The van der Waals surface area contributed by atoms with E-state index < -0.39 is 11.6 Å². The zero-order chi connectivity index (χ0) is 10.4. The van der Waals surface area contributed by atoms with Crippen molar-refractivity contribution in [1.29, 1.82) is 5.26 Å². The lowest BCUT2D eigenvalue weighted by Gasteiger charge is -2.01. The fourth-order valence-corrected chi connectivity index (χ4v) is 1.50. The number of halogens is 2. The number of nitrogens with zero attached hydrogens (tertiary/aromatic N) is 1. The number of nitriles is 1. The molecule has 1 rings (SSSR count). The average molecular weight is 213 g/mol. The van der Waals surface area contributed by atoms with Crippen LogP contribution >= 0.6 is 11.8 Å². The number of thiocyanates is 1. The highest BCUT2D eigenvalue weighted by atomic mass is 32.2. The van der Waals surface area contributed by atoms with Gasteiger partial charge in [-0.15, -0.1) is 0 Å². The third-order valence-corrected chi connectivity index (χ3v) is 2.41. The van der Waals surface area contributed by atoms with Gasteiger partial charge in [-0.3, -0.25) is 0 Å². The first-order chi connectivity index (χ1) is 6.75. The molecule has 0 fully saturated rings. The molecule has 1 aromatic carbocycles. The van der Waals surface area contributed by atoms with Crippen LogP contribution in [0.15, 0.2) is 18.2 Å². The second-order valence-electron chi connectivity index (χ2n) is 2.76. The maximum Gasteiger partial charge on any atom is 0.162 e. The van der Waals surface area contributed by atoms with E-state index in [9.17, 15) is 8.78 Å². The molecule has 0 saturated heterocycles. The van der Waals surface area contributed by atoms with E-state index in [-0.39, 0.29) is 0 Å². The van der Waals surface area contributed by atoms with Crippen LogP contribution in [0.4, 0.5) is 8.78 Å². The van der Waals surface area contributed by atoms with Crippen molar-refractivity contribution in [2.75, 3.05) is 5.75 Å². The van der Waals surface area contributed by atoms with Gasteiger partial charge in [0.1, 0.15) is 5.40 Å². The number of benzene rings is 1. The van der Waals surface area contributed by atoms with Crippen molar-refractivity contribution in [3.8, 4) is 5.40 Å². The summed E-state index contributed by atoms with van der Waals surface area (Å²) in [6, 6.07) is 4.16. The Hall–Kier alpha value is -1.08. The van der Waals surface area contributed by atoms with E-state index in [1.165, 1.54) is 6.07 Å². The smallest absolute Gasteiger partial charge is 0.162 e. The molecule has 0 amide bonds. The summed E-state index contributed by atoms with van der Waals surface area (Å²) in [5.74, 6) is -0.934. The summed E-state index contributed by atoms with van der Waals surface area (Å²) in [5.41, 5.74) is 0.378. The monoisotopic (exact) mass is 213 g/mol. The molecule has 0 bridgehead atoms. The second-order valence-corrected chi connectivity index (χ2v) is 3.64. The SMILES string of the molecule is N#CSCCCc1cccc(F)c1F. The number of thioether (sulfide) groups is 1. The van der Waals surface area contributed by atoms with Gasteiger partial charge in [0.2, 0.25) is 0 Å². The van der Waals surface area contributed by atoms with E-state index in [0.29, 0.717) is 24.2 Å². The Morgan fingerprint density at radius 1 is 1.36 bits per heavy atom. The van der Waals surface area contributed by atoms with Gasteiger partial charge >= 0.3 is 0 Å². The molecule has 0 aliphatic heterocycles. The fraction of sp³-hybridized carbons (Fsp3) is 0.300. The largest absolute Gasteiger partial charge is 0.204 e. The molecule has 0 aliphatic carbocycles. The minimum Gasteiger partial charge on any atom is -0.204 e. The van der Waals surface area contributed by atoms with E-state index >= 15 is 0 Å². The number of rotatable bonds is 4. The average Bonchev–Trinajstić information content (AvgIpc) is 2.19. The normalized spacial score (nSPS) is 9.79. The van der Waals surface area contributed by atoms with E-state index in [1.54, 1.807) is 6.07 Å². The van der Waals surface area contributed by atoms with Crippen molar-refractivity contribution in [3.63, 3.8) is 0 Å². The molecule has 74 valence electrons. The quantitative estimate of drug-likeness (QED) is 0.566. The highest BCUT2D eigenvalue weighted by Gasteiger charge is 2.06. The van der Waals surface area contributed by atoms with Crippen LogP contribution in [0.1, 0.15) is 12.0 Å². The molecule has 0 radical (unpaired) electrons. The van der Waals surface area contributed by atoms with Gasteiger partial charge in [-0.05, 0) is 36.2 Å². The molecule has 4 heteroatoms. The minimum absolute atomic E-state index is 0.378.